The Hall–Kier alpha value is -2.11. The molecule has 2 aromatic carbocycles. The first kappa shape index (κ1) is 17.3. The largest absolute Gasteiger partial charge is 0.486 e. The quantitative estimate of drug-likeness (QED) is 0.461. The number of rotatable bonds is 4. The molecular weight excluding hydrogens is 372 g/mol. The average molecular weight is 389 g/mol. The van der Waals surface area contributed by atoms with Crippen molar-refractivity contribution in [2.24, 2.45) is 0 Å². The molecule has 1 aliphatic rings. The summed E-state index contributed by atoms with van der Waals surface area (Å²) in [5.74, 6) is 2.16. The standard InChI is InChI=1S/C20H17ClO4S/c1-2-12-7-18-15(10-16(12)21)13(8-20(22)25-18)11-26-14-3-4-17-19(9-14)24-6-5-23-17/h3-4,7-10H,2,5-6,11H2,1H3. The Labute approximate surface area is 160 Å². The van der Waals surface area contributed by atoms with Gasteiger partial charge in [-0.25, -0.2) is 4.79 Å². The van der Waals surface area contributed by atoms with Crippen molar-refractivity contribution in [1.82, 2.24) is 0 Å². The maximum Gasteiger partial charge on any atom is 0.336 e. The van der Waals surface area contributed by atoms with Crippen LogP contribution in [-0.2, 0) is 12.2 Å². The molecule has 0 saturated carbocycles. The molecule has 0 amide bonds. The van der Waals surface area contributed by atoms with E-state index in [4.69, 9.17) is 25.5 Å². The number of hydrogen-bond donors (Lipinski definition) is 0. The highest BCUT2D eigenvalue weighted by Crippen LogP contribution is 2.36. The van der Waals surface area contributed by atoms with Crippen LogP contribution in [0.3, 0.4) is 0 Å². The summed E-state index contributed by atoms with van der Waals surface area (Å²) in [5.41, 5.74) is 2.11. The molecule has 0 N–H and O–H groups in total. The van der Waals surface area contributed by atoms with Gasteiger partial charge in [-0.1, -0.05) is 18.5 Å². The molecule has 0 unspecified atom stereocenters. The second-order valence-corrected chi connectivity index (χ2v) is 7.43. The second-order valence-electron chi connectivity index (χ2n) is 5.98. The number of ether oxygens (including phenoxy) is 2. The van der Waals surface area contributed by atoms with Crippen LogP contribution in [0.4, 0.5) is 0 Å². The minimum absolute atomic E-state index is 0.348. The molecule has 0 bridgehead atoms. The average Bonchev–Trinajstić information content (AvgIpc) is 2.66. The van der Waals surface area contributed by atoms with Crippen molar-refractivity contribution in [2.45, 2.75) is 24.0 Å². The van der Waals surface area contributed by atoms with Crippen molar-refractivity contribution in [2.75, 3.05) is 13.2 Å². The summed E-state index contributed by atoms with van der Waals surface area (Å²) >= 11 is 7.98. The lowest BCUT2D eigenvalue weighted by molar-refractivity contribution is 0.171. The summed E-state index contributed by atoms with van der Waals surface area (Å²) in [5, 5.41) is 1.57. The van der Waals surface area contributed by atoms with Crippen molar-refractivity contribution < 1.29 is 13.9 Å². The van der Waals surface area contributed by atoms with E-state index in [0.717, 1.165) is 39.3 Å². The molecule has 0 spiro atoms. The first-order valence-corrected chi connectivity index (χ1v) is 9.78. The molecule has 134 valence electrons. The molecule has 4 nitrogen and oxygen atoms in total. The van der Waals surface area contributed by atoms with Gasteiger partial charge in [-0.15, -0.1) is 11.8 Å². The van der Waals surface area contributed by atoms with Crippen LogP contribution >= 0.6 is 23.4 Å². The summed E-state index contributed by atoms with van der Waals surface area (Å²) in [6.07, 6.45) is 0.786. The van der Waals surface area contributed by atoms with Crippen LogP contribution in [0.2, 0.25) is 5.02 Å². The number of aryl methyl sites for hydroxylation is 1. The number of fused-ring (bicyclic) bond motifs is 2. The van der Waals surface area contributed by atoms with Gasteiger partial charge >= 0.3 is 5.63 Å². The van der Waals surface area contributed by atoms with Crippen LogP contribution in [0.25, 0.3) is 11.0 Å². The zero-order valence-electron chi connectivity index (χ0n) is 14.2. The highest BCUT2D eigenvalue weighted by Gasteiger charge is 2.13. The fourth-order valence-corrected chi connectivity index (χ4v) is 4.17. The minimum atomic E-state index is -0.348. The van der Waals surface area contributed by atoms with Crippen molar-refractivity contribution in [3.63, 3.8) is 0 Å². The van der Waals surface area contributed by atoms with Gasteiger partial charge in [0.05, 0.1) is 0 Å². The summed E-state index contributed by atoms with van der Waals surface area (Å²) in [6.45, 7) is 3.16. The lowest BCUT2D eigenvalue weighted by atomic mass is 10.1. The highest BCUT2D eigenvalue weighted by atomic mass is 35.5. The zero-order chi connectivity index (χ0) is 18.1. The predicted molar refractivity (Wildman–Crippen MR) is 104 cm³/mol. The van der Waals surface area contributed by atoms with Gasteiger partial charge in [0.1, 0.15) is 18.8 Å². The maximum absolute atomic E-state index is 11.9. The topological polar surface area (TPSA) is 48.7 Å². The molecule has 0 aliphatic carbocycles. The fourth-order valence-electron chi connectivity index (χ4n) is 2.95. The van der Waals surface area contributed by atoms with Gasteiger partial charge in [0, 0.05) is 27.1 Å². The van der Waals surface area contributed by atoms with E-state index in [2.05, 4.69) is 0 Å². The molecule has 26 heavy (non-hydrogen) atoms. The molecule has 0 saturated heterocycles. The Bertz CT molecular complexity index is 1030. The van der Waals surface area contributed by atoms with Crippen LogP contribution in [0.1, 0.15) is 18.1 Å². The maximum atomic E-state index is 11.9. The monoisotopic (exact) mass is 388 g/mol. The van der Waals surface area contributed by atoms with E-state index in [-0.39, 0.29) is 5.63 Å². The molecule has 0 radical (unpaired) electrons. The van der Waals surface area contributed by atoms with Gasteiger partial charge in [0.2, 0.25) is 0 Å². The summed E-state index contributed by atoms with van der Waals surface area (Å²) < 4.78 is 16.5. The Morgan fingerprint density at radius 2 is 1.85 bits per heavy atom. The third-order valence-corrected chi connectivity index (χ3v) is 5.68. The van der Waals surface area contributed by atoms with E-state index < -0.39 is 0 Å². The van der Waals surface area contributed by atoms with Crippen LogP contribution < -0.4 is 15.1 Å². The molecule has 0 fully saturated rings. The first-order chi connectivity index (χ1) is 12.6. The smallest absolute Gasteiger partial charge is 0.336 e. The molecule has 1 aromatic heterocycles. The Kier molecular flexibility index (Phi) is 4.83. The van der Waals surface area contributed by atoms with E-state index in [1.165, 1.54) is 6.07 Å². The van der Waals surface area contributed by atoms with Crippen LogP contribution in [0.5, 0.6) is 11.5 Å². The van der Waals surface area contributed by atoms with Gasteiger partial charge in [-0.2, -0.15) is 0 Å². The lowest BCUT2D eigenvalue weighted by Crippen LogP contribution is -2.15. The Morgan fingerprint density at radius 1 is 1.04 bits per heavy atom. The van der Waals surface area contributed by atoms with Crippen LogP contribution in [0.15, 0.2) is 50.5 Å². The number of benzene rings is 2. The van der Waals surface area contributed by atoms with Crippen LogP contribution in [0, 0.1) is 0 Å². The van der Waals surface area contributed by atoms with E-state index in [1.807, 2.05) is 37.3 Å². The minimum Gasteiger partial charge on any atom is -0.486 e. The van der Waals surface area contributed by atoms with Crippen molar-refractivity contribution >= 4 is 34.3 Å². The van der Waals surface area contributed by atoms with Crippen molar-refractivity contribution in [1.29, 1.82) is 0 Å². The third-order valence-electron chi connectivity index (χ3n) is 4.29. The summed E-state index contributed by atoms with van der Waals surface area (Å²) in [7, 11) is 0. The van der Waals surface area contributed by atoms with Gasteiger partial charge in [-0.05, 0) is 47.9 Å². The first-order valence-electron chi connectivity index (χ1n) is 8.41. The SMILES string of the molecule is CCc1cc2oc(=O)cc(CSc3ccc4c(c3)OCCO4)c2cc1Cl. The number of thioether (sulfide) groups is 1. The van der Waals surface area contributed by atoms with E-state index in [9.17, 15) is 4.79 Å². The van der Waals surface area contributed by atoms with Gasteiger partial charge in [-0.3, -0.25) is 0 Å². The van der Waals surface area contributed by atoms with Gasteiger partial charge < -0.3 is 13.9 Å². The fraction of sp³-hybridized carbons (Fsp3) is 0.250. The Balaban J connectivity index is 1.64. The highest BCUT2D eigenvalue weighted by molar-refractivity contribution is 7.98. The summed E-state index contributed by atoms with van der Waals surface area (Å²) in [6, 6.07) is 11.2. The van der Waals surface area contributed by atoms with Gasteiger partial charge in [0.25, 0.3) is 0 Å². The molecule has 3 aromatic rings. The normalized spacial score (nSPS) is 13.2. The number of hydrogen-bond acceptors (Lipinski definition) is 5. The summed E-state index contributed by atoms with van der Waals surface area (Å²) in [4.78, 5) is 13.0. The zero-order valence-corrected chi connectivity index (χ0v) is 15.8. The van der Waals surface area contributed by atoms with Crippen LogP contribution in [-0.4, -0.2) is 13.2 Å². The van der Waals surface area contributed by atoms with Crippen molar-refractivity contribution in [3.05, 3.63) is 63.0 Å². The third kappa shape index (κ3) is 3.41. The van der Waals surface area contributed by atoms with E-state index in [0.29, 0.717) is 29.6 Å². The Morgan fingerprint density at radius 3 is 2.65 bits per heavy atom. The second kappa shape index (κ2) is 7.25. The molecule has 6 heteroatoms. The van der Waals surface area contributed by atoms with E-state index in [1.54, 1.807) is 11.8 Å². The molecule has 4 rings (SSSR count). The molecule has 0 atom stereocenters. The van der Waals surface area contributed by atoms with Gasteiger partial charge in [0.15, 0.2) is 11.5 Å². The number of halogens is 1. The van der Waals surface area contributed by atoms with Crippen molar-refractivity contribution in [3.8, 4) is 11.5 Å². The van der Waals surface area contributed by atoms with E-state index >= 15 is 0 Å². The predicted octanol–water partition coefficient (Wildman–Crippen LogP) is 5.07. The molecule has 1 aliphatic heterocycles. The molecular formula is C20H17ClO4S. The molecule has 2 heterocycles. The lowest BCUT2D eigenvalue weighted by Gasteiger charge is -2.18.